The maximum Gasteiger partial charge on any atom is 0.322 e. The Hall–Kier alpha value is -2.24. The number of amides is 3. The van der Waals surface area contributed by atoms with Crippen LogP contribution >= 0.6 is 0 Å². The fourth-order valence-electron chi connectivity index (χ4n) is 2.29. The van der Waals surface area contributed by atoms with Crippen molar-refractivity contribution in [1.29, 1.82) is 0 Å². The molecular weight excluding hydrogens is 370 g/mol. The van der Waals surface area contributed by atoms with Gasteiger partial charge in [0.15, 0.2) is 0 Å². The Kier molecular flexibility index (Phi) is 12.7. The summed E-state index contributed by atoms with van der Waals surface area (Å²) in [7, 11) is 0. The number of carboxylic acid groups (broad SMARTS) is 1. The minimum atomic E-state index is -1.29. The highest BCUT2D eigenvalue weighted by Crippen LogP contribution is 2.06. The first-order chi connectivity index (χ1) is 13.2. The van der Waals surface area contributed by atoms with E-state index in [2.05, 4.69) is 16.0 Å². The molecule has 28 heavy (non-hydrogen) atoms. The van der Waals surface area contributed by atoms with E-state index in [0.29, 0.717) is 25.8 Å². The largest absolute Gasteiger partial charge is 0.480 e. The van der Waals surface area contributed by atoms with Gasteiger partial charge < -0.3 is 37.6 Å². The minimum absolute atomic E-state index is 0.117. The van der Waals surface area contributed by atoms with Crippen molar-refractivity contribution in [3.63, 3.8) is 0 Å². The van der Waals surface area contributed by atoms with Gasteiger partial charge in [-0.1, -0.05) is 20.3 Å². The van der Waals surface area contributed by atoms with Crippen LogP contribution in [-0.2, 0) is 19.2 Å². The van der Waals surface area contributed by atoms with Crippen molar-refractivity contribution in [3.05, 3.63) is 0 Å². The first-order valence-corrected chi connectivity index (χ1v) is 9.34. The van der Waals surface area contributed by atoms with E-state index in [9.17, 15) is 24.3 Å². The number of hydrogen-bond acceptors (Lipinski definition) is 7. The maximum absolute atomic E-state index is 12.4. The molecule has 4 unspecified atom stereocenters. The predicted molar refractivity (Wildman–Crippen MR) is 102 cm³/mol. The van der Waals surface area contributed by atoms with Crippen LogP contribution in [0.2, 0.25) is 0 Å². The molecule has 162 valence electrons. The smallest absolute Gasteiger partial charge is 0.322 e. The predicted octanol–water partition coefficient (Wildman–Crippen LogP) is -2.35. The summed E-state index contributed by atoms with van der Waals surface area (Å²) >= 11 is 0. The summed E-state index contributed by atoms with van der Waals surface area (Å²) in [6.07, 6.45) is 2.03. The van der Waals surface area contributed by atoms with Gasteiger partial charge in [0.1, 0.15) is 18.6 Å². The third-order valence-corrected chi connectivity index (χ3v) is 4.37. The number of nitrogens with one attached hydrogen (secondary N) is 3. The van der Waals surface area contributed by atoms with Crippen LogP contribution in [0.15, 0.2) is 0 Å². The van der Waals surface area contributed by atoms with Gasteiger partial charge in [-0.15, -0.1) is 0 Å². The van der Waals surface area contributed by atoms with Crippen molar-refractivity contribution >= 4 is 23.7 Å². The van der Waals surface area contributed by atoms with Gasteiger partial charge in [-0.25, -0.2) is 0 Å². The minimum Gasteiger partial charge on any atom is -0.480 e. The molecule has 0 aromatic rings. The highest BCUT2D eigenvalue weighted by Gasteiger charge is 2.28. The van der Waals surface area contributed by atoms with E-state index < -0.39 is 55.0 Å². The van der Waals surface area contributed by atoms with E-state index in [1.54, 1.807) is 6.92 Å². The highest BCUT2D eigenvalue weighted by molar-refractivity contribution is 5.93. The summed E-state index contributed by atoms with van der Waals surface area (Å²) in [6.45, 7) is 2.79. The third-order valence-electron chi connectivity index (χ3n) is 4.37. The van der Waals surface area contributed by atoms with Gasteiger partial charge in [-0.2, -0.15) is 0 Å². The summed E-state index contributed by atoms with van der Waals surface area (Å²) in [5.41, 5.74) is 11.2. The van der Waals surface area contributed by atoms with Crippen molar-refractivity contribution in [3.8, 4) is 0 Å². The van der Waals surface area contributed by atoms with Crippen LogP contribution in [0.3, 0.4) is 0 Å². The first-order valence-electron chi connectivity index (χ1n) is 9.34. The Labute approximate surface area is 164 Å². The molecule has 0 aliphatic rings. The molecule has 4 atom stereocenters. The molecule has 9 N–H and O–H groups in total. The SMILES string of the molecule is CCC(C)C(N)C(=O)NC(CO)C(=O)NC(CCCCN)C(=O)NCC(=O)O. The van der Waals surface area contributed by atoms with Crippen molar-refractivity contribution in [2.75, 3.05) is 19.7 Å². The number of unbranched alkanes of at least 4 members (excludes halogenated alkanes) is 1. The molecule has 0 aromatic carbocycles. The quantitative estimate of drug-likeness (QED) is 0.156. The van der Waals surface area contributed by atoms with E-state index >= 15 is 0 Å². The zero-order valence-corrected chi connectivity index (χ0v) is 16.4. The van der Waals surface area contributed by atoms with Gasteiger partial charge in [0.05, 0.1) is 12.6 Å². The van der Waals surface area contributed by atoms with Crippen LogP contribution in [0.25, 0.3) is 0 Å². The molecule has 0 rings (SSSR count). The second-order valence-electron chi connectivity index (χ2n) is 6.61. The molecule has 11 nitrogen and oxygen atoms in total. The zero-order valence-electron chi connectivity index (χ0n) is 16.4. The molecule has 0 saturated heterocycles. The van der Waals surface area contributed by atoms with E-state index in [4.69, 9.17) is 16.6 Å². The lowest BCUT2D eigenvalue weighted by Crippen LogP contribution is -2.57. The van der Waals surface area contributed by atoms with Gasteiger partial charge in [-0.3, -0.25) is 19.2 Å². The van der Waals surface area contributed by atoms with Crippen molar-refractivity contribution in [2.45, 2.75) is 57.7 Å². The Morgan fingerprint density at radius 3 is 2.11 bits per heavy atom. The molecule has 0 aromatic heterocycles. The highest BCUT2D eigenvalue weighted by atomic mass is 16.4. The number of aliphatic carboxylic acids is 1. The van der Waals surface area contributed by atoms with E-state index in [0.717, 1.165) is 0 Å². The molecule has 0 aliphatic heterocycles. The normalized spacial score (nSPS) is 15.0. The second kappa shape index (κ2) is 13.9. The number of nitrogens with two attached hydrogens (primary N) is 2. The summed E-state index contributed by atoms with van der Waals surface area (Å²) in [4.78, 5) is 47.3. The number of carbonyl (C=O) groups excluding carboxylic acids is 3. The summed E-state index contributed by atoms with van der Waals surface area (Å²) in [6, 6.07) is -3.15. The maximum atomic E-state index is 12.4. The van der Waals surface area contributed by atoms with E-state index in [-0.39, 0.29) is 12.3 Å². The number of aliphatic hydroxyl groups excluding tert-OH is 1. The van der Waals surface area contributed by atoms with Gasteiger partial charge >= 0.3 is 5.97 Å². The van der Waals surface area contributed by atoms with Gasteiger partial charge in [0.2, 0.25) is 17.7 Å². The van der Waals surface area contributed by atoms with Gasteiger partial charge in [0.25, 0.3) is 0 Å². The molecule has 0 aliphatic carbocycles. The molecule has 0 bridgehead atoms. The lowest BCUT2D eigenvalue weighted by atomic mass is 9.99. The average molecular weight is 403 g/mol. The Bertz CT molecular complexity index is 530. The van der Waals surface area contributed by atoms with Gasteiger partial charge in [-0.05, 0) is 31.7 Å². The van der Waals surface area contributed by atoms with Crippen molar-refractivity contribution in [1.82, 2.24) is 16.0 Å². The lowest BCUT2D eigenvalue weighted by molar-refractivity contribution is -0.138. The van der Waals surface area contributed by atoms with Crippen LogP contribution in [0, 0.1) is 5.92 Å². The van der Waals surface area contributed by atoms with Gasteiger partial charge in [0, 0.05) is 0 Å². The summed E-state index contributed by atoms with van der Waals surface area (Å²) < 4.78 is 0. The van der Waals surface area contributed by atoms with Crippen molar-refractivity contribution in [2.24, 2.45) is 17.4 Å². The van der Waals surface area contributed by atoms with Crippen LogP contribution in [0.5, 0.6) is 0 Å². The monoisotopic (exact) mass is 403 g/mol. The van der Waals surface area contributed by atoms with E-state index in [1.165, 1.54) is 0 Å². The average Bonchev–Trinajstić information content (AvgIpc) is 2.67. The fraction of sp³-hybridized carbons (Fsp3) is 0.765. The number of carboxylic acids is 1. The Balaban J connectivity index is 4.99. The molecule has 0 fully saturated rings. The molecule has 3 amide bonds. The standard InChI is InChI=1S/C17H33N5O6/c1-3-10(2)14(19)17(28)22-12(9-23)16(27)21-11(6-4-5-7-18)15(26)20-8-13(24)25/h10-12,14,23H,3-9,18-19H2,1-2H3,(H,20,26)(H,21,27)(H,22,28)(H,24,25). The molecule has 0 saturated carbocycles. The Morgan fingerprint density at radius 2 is 1.61 bits per heavy atom. The van der Waals surface area contributed by atoms with Crippen molar-refractivity contribution < 1.29 is 29.4 Å². The molecule has 0 radical (unpaired) electrons. The Morgan fingerprint density at radius 1 is 1.00 bits per heavy atom. The van der Waals surface area contributed by atoms with Crippen LogP contribution < -0.4 is 27.4 Å². The molecule has 11 heteroatoms. The lowest BCUT2D eigenvalue weighted by Gasteiger charge is -2.24. The summed E-state index contributed by atoms with van der Waals surface area (Å²) in [5, 5.41) is 25.1. The topological polar surface area (TPSA) is 197 Å². The zero-order chi connectivity index (χ0) is 21.7. The van der Waals surface area contributed by atoms with Crippen LogP contribution in [-0.4, -0.2) is 71.7 Å². The van der Waals surface area contributed by atoms with E-state index in [1.807, 2.05) is 6.92 Å². The van der Waals surface area contributed by atoms with Crippen LogP contribution in [0.1, 0.15) is 39.5 Å². The third kappa shape index (κ3) is 9.62. The number of aliphatic hydroxyl groups is 1. The molecule has 0 spiro atoms. The number of hydrogen-bond donors (Lipinski definition) is 7. The fourth-order valence-corrected chi connectivity index (χ4v) is 2.29. The molecular formula is C17H33N5O6. The second-order valence-corrected chi connectivity index (χ2v) is 6.61. The number of rotatable bonds is 14. The number of carbonyl (C=O) groups is 4. The summed E-state index contributed by atoms with van der Waals surface area (Å²) in [5.74, 6) is -3.37. The van der Waals surface area contributed by atoms with Crippen LogP contribution in [0.4, 0.5) is 0 Å². The first kappa shape index (κ1) is 25.8. The molecule has 0 heterocycles.